The number of amides is 1. The molecule has 4 aromatic rings. The Morgan fingerprint density at radius 3 is 2.41 bits per heavy atom. The van der Waals surface area contributed by atoms with Gasteiger partial charge in [0.15, 0.2) is 0 Å². The average molecular weight is 685 g/mol. The summed E-state index contributed by atoms with van der Waals surface area (Å²) >= 11 is 0. The molecule has 0 fully saturated rings. The Bertz CT molecular complexity index is 1650. The van der Waals surface area contributed by atoms with Crippen LogP contribution in [0.1, 0.15) is 65.1 Å². The van der Waals surface area contributed by atoms with Gasteiger partial charge in [0.2, 0.25) is 5.91 Å². The van der Waals surface area contributed by atoms with Crippen molar-refractivity contribution in [2.75, 3.05) is 43.1 Å². The van der Waals surface area contributed by atoms with E-state index in [1.54, 1.807) is 42.9 Å². The third kappa shape index (κ3) is 11.7. The van der Waals surface area contributed by atoms with E-state index in [0.717, 1.165) is 79.3 Å². The second-order valence-corrected chi connectivity index (χ2v) is 13.9. The lowest BCUT2D eigenvalue weighted by Gasteiger charge is -2.27. The third-order valence-electron chi connectivity index (χ3n) is 8.00. The van der Waals surface area contributed by atoms with Crippen LogP contribution in [0.5, 0.6) is 5.75 Å². The summed E-state index contributed by atoms with van der Waals surface area (Å²) in [5.41, 5.74) is 5.76. The van der Waals surface area contributed by atoms with Crippen LogP contribution in [0, 0.1) is 5.92 Å². The first-order chi connectivity index (χ1) is 23.8. The van der Waals surface area contributed by atoms with Crippen molar-refractivity contribution in [2.24, 2.45) is 5.92 Å². The van der Waals surface area contributed by atoms with Crippen LogP contribution < -0.4 is 15.0 Å². The monoisotopic (exact) mass is 684 g/mol. The van der Waals surface area contributed by atoms with E-state index >= 15 is 0 Å². The van der Waals surface area contributed by atoms with Gasteiger partial charge in [0.05, 0.1) is 35.2 Å². The molecular formula is C40H52N4O4S. The number of ether oxygens (including phenoxy) is 2. The number of imidazole rings is 1. The molecule has 1 aromatic heterocycles. The Kier molecular flexibility index (Phi) is 15.1. The van der Waals surface area contributed by atoms with Gasteiger partial charge in [0.25, 0.3) is 0 Å². The van der Waals surface area contributed by atoms with Gasteiger partial charge in [0.1, 0.15) is 12.4 Å². The van der Waals surface area contributed by atoms with Crippen molar-refractivity contribution in [3.05, 3.63) is 96.6 Å². The van der Waals surface area contributed by atoms with Crippen LogP contribution in [0.2, 0.25) is 0 Å². The quantitative estimate of drug-likeness (QED) is 0.0742. The molecule has 1 N–H and O–H groups in total. The van der Waals surface area contributed by atoms with Crippen molar-refractivity contribution in [3.63, 3.8) is 0 Å². The minimum atomic E-state index is -1.22. The summed E-state index contributed by atoms with van der Waals surface area (Å²) in [6, 6.07) is 21.7. The molecule has 49 heavy (non-hydrogen) atoms. The number of nitrogens with zero attached hydrogens (tertiary/aromatic N) is 3. The first-order valence-corrected chi connectivity index (χ1v) is 18.8. The number of carbonyl (C=O) groups excluding carboxylic acids is 1. The van der Waals surface area contributed by atoms with Gasteiger partial charge in [0, 0.05) is 54.8 Å². The van der Waals surface area contributed by atoms with E-state index in [0.29, 0.717) is 35.5 Å². The molecule has 0 aliphatic heterocycles. The van der Waals surface area contributed by atoms with Crippen LogP contribution in [-0.2, 0) is 32.6 Å². The van der Waals surface area contributed by atoms with Gasteiger partial charge < -0.3 is 24.3 Å². The Morgan fingerprint density at radius 2 is 1.71 bits per heavy atom. The zero-order valence-corrected chi connectivity index (χ0v) is 30.5. The maximum atomic E-state index is 13.1. The van der Waals surface area contributed by atoms with E-state index in [1.165, 1.54) is 0 Å². The second-order valence-electron chi connectivity index (χ2n) is 12.5. The number of anilines is 2. The number of aryl methyl sites for hydroxylation is 1. The normalized spacial score (nSPS) is 12.0. The maximum absolute atomic E-state index is 13.1. The first-order valence-electron chi connectivity index (χ1n) is 17.5. The van der Waals surface area contributed by atoms with Crippen LogP contribution >= 0.6 is 0 Å². The van der Waals surface area contributed by atoms with Gasteiger partial charge in [-0.1, -0.05) is 52.3 Å². The van der Waals surface area contributed by atoms with E-state index in [4.69, 9.17) is 9.47 Å². The standard InChI is InChI=1S/C40H52N4O4S/c1-6-9-23-47-24-25-48-37-16-10-32(11-17-37)33-12-20-39(43(8-3)28-31(4)5)34(26-33)13-21-40(45)42-35-14-18-38(19-15-35)49(46)29-36-27-41-30-44(36)22-7-2/h10-21,26-27,30-31H,6-9,22-25,28-29H2,1-5H3,(H,42,45)/b21-13+/t49-/m0/s1. The van der Waals surface area contributed by atoms with Crippen molar-refractivity contribution < 1.29 is 18.5 Å². The molecule has 0 saturated heterocycles. The molecule has 3 aromatic carbocycles. The maximum Gasteiger partial charge on any atom is 0.248 e. The predicted molar refractivity (Wildman–Crippen MR) is 203 cm³/mol. The van der Waals surface area contributed by atoms with Gasteiger partial charge in [-0.25, -0.2) is 4.98 Å². The highest BCUT2D eigenvalue weighted by Gasteiger charge is 2.13. The van der Waals surface area contributed by atoms with E-state index in [9.17, 15) is 9.00 Å². The summed E-state index contributed by atoms with van der Waals surface area (Å²) in [4.78, 5) is 20.4. The fourth-order valence-electron chi connectivity index (χ4n) is 5.47. The Hall–Kier alpha value is -4.21. The number of benzene rings is 3. The first kappa shape index (κ1) is 37.6. The van der Waals surface area contributed by atoms with Crippen LogP contribution in [0.3, 0.4) is 0 Å². The molecule has 1 atom stereocenters. The average Bonchev–Trinajstić information content (AvgIpc) is 3.54. The lowest BCUT2D eigenvalue weighted by Crippen LogP contribution is -2.27. The highest BCUT2D eigenvalue weighted by Crippen LogP contribution is 2.30. The highest BCUT2D eigenvalue weighted by molar-refractivity contribution is 7.84. The molecule has 0 saturated carbocycles. The van der Waals surface area contributed by atoms with Crippen molar-refractivity contribution in [1.82, 2.24) is 9.55 Å². The summed E-state index contributed by atoms with van der Waals surface area (Å²) in [6.07, 6.45) is 10.2. The van der Waals surface area contributed by atoms with E-state index in [2.05, 4.69) is 80.2 Å². The Balaban J connectivity index is 1.44. The topological polar surface area (TPSA) is 85.7 Å². The molecule has 1 heterocycles. The summed E-state index contributed by atoms with van der Waals surface area (Å²) < 4.78 is 26.5. The van der Waals surface area contributed by atoms with E-state index in [1.807, 2.05) is 22.8 Å². The molecule has 4 rings (SSSR count). The zero-order chi connectivity index (χ0) is 35.0. The third-order valence-corrected chi connectivity index (χ3v) is 9.36. The van der Waals surface area contributed by atoms with Gasteiger partial charge in [-0.05, 0) is 97.0 Å². The predicted octanol–water partition coefficient (Wildman–Crippen LogP) is 8.60. The van der Waals surface area contributed by atoms with Crippen molar-refractivity contribution in [3.8, 4) is 16.9 Å². The van der Waals surface area contributed by atoms with Crippen molar-refractivity contribution in [2.45, 2.75) is 71.1 Å². The van der Waals surface area contributed by atoms with E-state index < -0.39 is 10.8 Å². The fraction of sp³-hybridized carbons (Fsp3) is 0.400. The molecule has 0 radical (unpaired) electrons. The number of unbranched alkanes of at least 4 members (excludes halogenated alkanes) is 1. The molecule has 0 spiro atoms. The number of carbonyl (C=O) groups is 1. The molecule has 0 aliphatic carbocycles. The number of nitrogens with one attached hydrogen (secondary N) is 1. The van der Waals surface area contributed by atoms with Crippen LogP contribution in [-0.4, -0.2) is 52.6 Å². The highest BCUT2D eigenvalue weighted by atomic mass is 32.2. The van der Waals surface area contributed by atoms with Gasteiger partial charge in [-0.2, -0.15) is 0 Å². The summed E-state index contributed by atoms with van der Waals surface area (Å²) in [7, 11) is -1.22. The van der Waals surface area contributed by atoms with Crippen LogP contribution in [0.4, 0.5) is 11.4 Å². The summed E-state index contributed by atoms with van der Waals surface area (Å²) in [5.74, 6) is 1.46. The molecule has 1 amide bonds. The molecule has 9 heteroatoms. The second kappa shape index (κ2) is 19.7. The Labute approximate surface area is 295 Å². The number of hydrogen-bond acceptors (Lipinski definition) is 6. The number of hydrogen-bond donors (Lipinski definition) is 1. The minimum Gasteiger partial charge on any atom is -0.491 e. The smallest absolute Gasteiger partial charge is 0.248 e. The largest absolute Gasteiger partial charge is 0.491 e. The lowest BCUT2D eigenvalue weighted by atomic mass is 10.00. The van der Waals surface area contributed by atoms with Gasteiger partial charge >= 0.3 is 0 Å². The van der Waals surface area contributed by atoms with Gasteiger partial charge in [-0.15, -0.1) is 0 Å². The van der Waals surface area contributed by atoms with Crippen LogP contribution in [0.15, 0.2) is 90.2 Å². The molecule has 262 valence electrons. The van der Waals surface area contributed by atoms with Gasteiger partial charge in [-0.3, -0.25) is 9.00 Å². The van der Waals surface area contributed by atoms with Crippen molar-refractivity contribution >= 4 is 34.2 Å². The fourth-order valence-corrected chi connectivity index (χ4v) is 6.59. The van der Waals surface area contributed by atoms with Crippen molar-refractivity contribution in [1.29, 1.82) is 0 Å². The minimum absolute atomic E-state index is 0.235. The summed E-state index contributed by atoms with van der Waals surface area (Å²) in [6.45, 7) is 15.3. The van der Waals surface area contributed by atoms with Crippen LogP contribution in [0.25, 0.3) is 17.2 Å². The summed E-state index contributed by atoms with van der Waals surface area (Å²) in [5, 5.41) is 2.95. The Morgan fingerprint density at radius 1 is 0.959 bits per heavy atom. The number of aromatic nitrogens is 2. The molecule has 0 unspecified atom stereocenters. The molecule has 0 aliphatic rings. The molecular weight excluding hydrogens is 633 g/mol. The number of rotatable bonds is 20. The molecule has 0 bridgehead atoms. The lowest BCUT2D eigenvalue weighted by molar-refractivity contribution is -0.111. The van der Waals surface area contributed by atoms with E-state index in [-0.39, 0.29) is 5.91 Å². The molecule has 8 nitrogen and oxygen atoms in total. The zero-order valence-electron chi connectivity index (χ0n) is 29.7. The SMILES string of the molecule is CCCCOCCOc1ccc(-c2ccc(N(CC)CC(C)C)c(/C=C/C(=O)Nc3ccc([S@@](=O)Cc4cncn4CCC)cc3)c2)cc1.